The molecule has 3 aromatic rings. The number of aromatic nitrogens is 3. The Balaban J connectivity index is 1.50. The number of hydrogen-bond acceptors (Lipinski definition) is 8. The van der Waals surface area contributed by atoms with Crippen LogP contribution >= 0.6 is 15.9 Å². The van der Waals surface area contributed by atoms with Gasteiger partial charge in [-0.1, -0.05) is 0 Å². The van der Waals surface area contributed by atoms with Crippen molar-refractivity contribution in [3.8, 4) is 11.5 Å². The summed E-state index contributed by atoms with van der Waals surface area (Å²) in [5, 5.41) is 6.91. The molecule has 1 saturated heterocycles. The highest BCUT2D eigenvalue weighted by Crippen LogP contribution is 2.36. The van der Waals surface area contributed by atoms with E-state index in [2.05, 4.69) is 31.1 Å². The van der Waals surface area contributed by atoms with E-state index in [1.165, 1.54) is 28.1 Å². The molecule has 208 valence electrons. The van der Waals surface area contributed by atoms with Crippen LogP contribution in [0.4, 0.5) is 29.3 Å². The van der Waals surface area contributed by atoms with Crippen molar-refractivity contribution in [2.75, 3.05) is 29.9 Å². The molecule has 3 heterocycles. The van der Waals surface area contributed by atoms with Gasteiger partial charge in [0.1, 0.15) is 11.4 Å². The molecule has 1 aliphatic heterocycles. The van der Waals surface area contributed by atoms with Crippen LogP contribution in [0.5, 0.6) is 0 Å². The number of anilines is 2. The summed E-state index contributed by atoms with van der Waals surface area (Å²) in [6.45, 7) is 6.07. The fraction of sp³-hybridized carbons (Fsp3) is 0.400. The number of carbonyl (C=O) groups is 2. The predicted octanol–water partition coefficient (Wildman–Crippen LogP) is 5.19. The number of rotatable bonds is 8. The van der Waals surface area contributed by atoms with Crippen molar-refractivity contribution >= 4 is 39.8 Å². The zero-order chi connectivity index (χ0) is 28.5. The van der Waals surface area contributed by atoms with Crippen LogP contribution in [-0.4, -0.2) is 64.4 Å². The predicted molar refractivity (Wildman–Crippen MR) is 139 cm³/mol. The number of hydrogen-bond donors (Lipinski definition) is 0. The van der Waals surface area contributed by atoms with Crippen molar-refractivity contribution in [2.45, 2.75) is 45.4 Å². The van der Waals surface area contributed by atoms with Crippen molar-refractivity contribution in [2.24, 2.45) is 0 Å². The second-order valence-electron chi connectivity index (χ2n) is 9.95. The minimum atomic E-state index is -2.88. The molecule has 1 aromatic carbocycles. The molecule has 0 atom stereocenters. The van der Waals surface area contributed by atoms with Crippen LogP contribution in [0.25, 0.3) is 11.5 Å². The summed E-state index contributed by atoms with van der Waals surface area (Å²) in [5.41, 5.74) is 1.15. The lowest BCUT2D eigenvalue weighted by atomic mass is 10.1. The van der Waals surface area contributed by atoms with Crippen LogP contribution in [-0.2, 0) is 16.1 Å². The fourth-order valence-corrected chi connectivity index (χ4v) is 4.23. The zero-order valence-electron chi connectivity index (χ0n) is 21.6. The lowest BCUT2D eigenvalue weighted by molar-refractivity contribution is -0.108. The lowest BCUT2D eigenvalue weighted by Gasteiger charge is -2.44. The minimum Gasteiger partial charge on any atom is -0.444 e. The number of nitrogens with zero attached hydrogens (tertiary/aromatic N) is 6. The van der Waals surface area contributed by atoms with Crippen molar-refractivity contribution in [1.82, 2.24) is 20.1 Å². The smallest absolute Gasteiger partial charge is 0.410 e. The van der Waals surface area contributed by atoms with Crippen molar-refractivity contribution in [3.63, 3.8) is 0 Å². The van der Waals surface area contributed by atoms with Crippen LogP contribution in [0.15, 0.2) is 39.4 Å². The molecule has 0 bridgehead atoms. The first-order valence-corrected chi connectivity index (χ1v) is 12.6. The number of benzene rings is 1. The summed E-state index contributed by atoms with van der Waals surface area (Å²) < 4.78 is 50.6. The highest BCUT2D eigenvalue weighted by atomic mass is 79.9. The Labute approximate surface area is 230 Å². The Bertz CT molecular complexity index is 1340. The molecule has 14 heteroatoms. The molecular formula is C25H26BrF3N6O4. The summed E-state index contributed by atoms with van der Waals surface area (Å²) in [7, 11) is 1.71. The van der Waals surface area contributed by atoms with Gasteiger partial charge in [0, 0.05) is 32.4 Å². The number of ether oxygens (including phenoxy) is 1. The first kappa shape index (κ1) is 28.3. The fourth-order valence-electron chi connectivity index (χ4n) is 3.90. The van der Waals surface area contributed by atoms with Crippen molar-refractivity contribution < 1.29 is 31.9 Å². The van der Waals surface area contributed by atoms with Crippen LogP contribution in [0, 0.1) is 5.82 Å². The second kappa shape index (κ2) is 11.2. The average Bonchev–Trinajstić information content (AvgIpc) is 3.32. The van der Waals surface area contributed by atoms with E-state index in [1.54, 1.807) is 44.9 Å². The molecule has 2 amide bonds. The summed E-state index contributed by atoms with van der Waals surface area (Å²) in [5.74, 6) is -1.39. The van der Waals surface area contributed by atoms with Crippen LogP contribution in [0.2, 0.25) is 0 Å². The standard InChI is InChI=1S/C25H26BrF3N6O4/c1-25(2,3)39-24(37)34-11-16(12-34)35(13-36)20-7-17(26)18(27)8-19(20)33(4)10-15-6-5-14(9-30-15)22-31-32-23(38-22)21(28)29/h5-9,13,16,21H,10-12H2,1-4H3. The monoisotopic (exact) mass is 610 g/mol. The summed E-state index contributed by atoms with van der Waals surface area (Å²) in [6.07, 6.45) is -1.28. The third kappa shape index (κ3) is 6.49. The Morgan fingerprint density at radius 2 is 1.97 bits per heavy atom. The molecule has 4 rings (SSSR count). The number of halogens is 4. The molecule has 0 spiro atoms. The first-order chi connectivity index (χ1) is 18.4. The molecule has 0 radical (unpaired) electrons. The van der Waals surface area contributed by atoms with E-state index in [9.17, 15) is 22.8 Å². The third-order valence-electron chi connectivity index (χ3n) is 5.83. The van der Waals surface area contributed by atoms with Gasteiger partial charge in [0.15, 0.2) is 0 Å². The largest absolute Gasteiger partial charge is 0.444 e. The highest BCUT2D eigenvalue weighted by molar-refractivity contribution is 9.10. The van der Waals surface area contributed by atoms with Gasteiger partial charge in [-0.3, -0.25) is 9.78 Å². The summed E-state index contributed by atoms with van der Waals surface area (Å²) in [6, 6.07) is 5.73. The van der Waals surface area contributed by atoms with Crippen LogP contribution in [0.1, 0.15) is 38.8 Å². The van der Waals surface area contributed by atoms with Gasteiger partial charge in [-0.05, 0) is 54.9 Å². The van der Waals surface area contributed by atoms with E-state index in [1.807, 2.05) is 0 Å². The van der Waals surface area contributed by atoms with Gasteiger partial charge in [-0.15, -0.1) is 10.2 Å². The molecular weight excluding hydrogens is 585 g/mol. The number of amides is 2. The lowest BCUT2D eigenvalue weighted by Crippen LogP contribution is -2.61. The molecule has 0 unspecified atom stereocenters. The SMILES string of the molecule is CN(Cc1ccc(-c2nnc(C(F)F)o2)cn1)c1cc(F)c(Br)cc1N(C=O)C1CN(C(=O)OC(C)(C)C)C1. The van der Waals surface area contributed by atoms with Gasteiger partial charge in [0.25, 0.3) is 5.89 Å². The molecule has 1 fully saturated rings. The molecule has 0 saturated carbocycles. The van der Waals surface area contributed by atoms with Gasteiger partial charge < -0.3 is 23.9 Å². The second-order valence-corrected chi connectivity index (χ2v) is 10.8. The number of alkyl halides is 2. The Kier molecular flexibility index (Phi) is 8.14. The summed E-state index contributed by atoms with van der Waals surface area (Å²) in [4.78, 5) is 33.5. The number of pyridine rings is 1. The topological polar surface area (TPSA) is 105 Å². The van der Waals surface area contributed by atoms with Crippen LogP contribution < -0.4 is 9.80 Å². The molecule has 39 heavy (non-hydrogen) atoms. The third-order valence-corrected chi connectivity index (χ3v) is 6.43. The van der Waals surface area contributed by atoms with Gasteiger partial charge >= 0.3 is 12.5 Å². The van der Waals surface area contributed by atoms with Gasteiger partial charge in [0.05, 0.1) is 39.7 Å². The van der Waals surface area contributed by atoms with E-state index in [0.717, 1.165) is 0 Å². The molecule has 0 aliphatic carbocycles. The number of carbonyl (C=O) groups excluding carboxylic acids is 2. The van der Waals surface area contributed by atoms with Gasteiger partial charge in [-0.25, -0.2) is 9.18 Å². The van der Waals surface area contributed by atoms with E-state index >= 15 is 0 Å². The zero-order valence-corrected chi connectivity index (χ0v) is 23.2. The molecule has 10 nitrogen and oxygen atoms in total. The average molecular weight is 611 g/mol. The maximum Gasteiger partial charge on any atom is 0.410 e. The maximum absolute atomic E-state index is 14.6. The Morgan fingerprint density at radius 3 is 2.54 bits per heavy atom. The highest BCUT2D eigenvalue weighted by Gasteiger charge is 2.38. The molecule has 2 aromatic heterocycles. The minimum absolute atomic E-state index is 0.0856. The molecule has 1 aliphatic rings. The summed E-state index contributed by atoms with van der Waals surface area (Å²) >= 11 is 3.19. The number of likely N-dealkylation sites (tertiary alicyclic amines) is 1. The first-order valence-electron chi connectivity index (χ1n) is 11.8. The van der Waals surface area contributed by atoms with E-state index in [4.69, 9.17) is 9.15 Å². The van der Waals surface area contributed by atoms with E-state index in [0.29, 0.717) is 29.0 Å². The van der Waals surface area contributed by atoms with E-state index < -0.39 is 29.8 Å². The maximum atomic E-state index is 14.6. The Hall–Kier alpha value is -3.68. The quantitative estimate of drug-likeness (QED) is 0.321. The van der Waals surface area contributed by atoms with Gasteiger partial charge in [-0.2, -0.15) is 8.78 Å². The van der Waals surface area contributed by atoms with Crippen molar-refractivity contribution in [3.05, 3.63) is 52.3 Å². The van der Waals surface area contributed by atoms with Crippen molar-refractivity contribution in [1.29, 1.82) is 0 Å². The van der Waals surface area contributed by atoms with Gasteiger partial charge in [0.2, 0.25) is 12.3 Å². The normalized spacial score (nSPS) is 13.8. The molecule has 0 N–H and O–H groups in total. The Morgan fingerprint density at radius 1 is 1.26 bits per heavy atom. The van der Waals surface area contributed by atoms with E-state index in [-0.39, 0.29) is 36.0 Å². The van der Waals surface area contributed by atoms with Crippen LogP contribution in [0.3, 0.4) is 0 Å².